The molecule has 0 fully saturated rings. The molecule has 5 nitrogen and oxygen atoms in total. The smallest absolute Gasteiger partial charge is 0.356 e. The molecule has 0 saturated carbocycles. The summed E-state index contributed by atoms with van der Waals surface area (Å²) < 4.78 is 4.68. The van der Waals surface area contributed by atoms with Gasteiger partial charge in [-0.05, 0) is 17.7 Å². The second-order valence-electron chi connectivity index (χ2n) is 4.39. The number of fused-ring (bicyclic) bond motifs is 1. The van der Waals surface area contributed by atoms with Gasteiger partial charge in [0.25, 0.3) is 0 Å². The molecule has 0 atom stereocenters. The molecule has 3 rings (SSSR count). The summed E-state index contributed by atoms with van der Waals surface area (Å²) in [5, 5.41) is 0.313. The molecular formula is C15H9Cl2N3O2. The van der Waals surface area contributed by atoms with Gasteiger partial charge in [0.2, 0.25) is 5.28 Å². The molecule has 0 aliphatic carbocycles. The highest BCUT2D eigenvalue weighted by Gasteiger charge is 2.17. The summed E-state index contributed by atoms with van der Waals surface area (Å²) in [6, 6.07) is 10.7. The summed E-state index contributed by atoms with van der Waals surface area (Å²) in [4.78, 5) is 24.3. The molecule has 0 N–H and O–H groups in total. The lowest BCUT2D eigenvalue weighted by molar-refractivity contribution is 0.0594. The number of benzene rings is 1. The fraction of sp³-hybridized carbons (Fsp3) is 0.0667. The van der Waals surface area contributed by atoms with Crippen molar-refractivity contribution in [1.82, 2.24) is 15.0 Å². The number of carbonyl (C=O) groups is 1. The average Bonchev–Trinajstić information content (AvgIpc) is 2.54. The Kier molecular flexibility index (Phi) is 3.92. The minimum absolute atomic E-state index is 0.0564. The van der Waals surface area contributed by atoms with Crippen molar-refractivity contribution in [2.24, 2.45) is 0 Å². The largest absolute Gasteiger partial charge is 0.464 e. The van der Waals surface area contributed by atoms with Crippen molar-refractivity contribution in [1.29, 1.82) is 0 Å². The summed E-state index contributed by atoms with van der Waals surface area (Å²) in [6.07, 6.45) is 0. The number of hydrogen-bond acceptors (Lipinski definition) is 5. The molecule has 2 heterocycles. The standard InChI is InChI=1S/C15H9Cl2N3O2/c1-22-14(21)10-7-9(16)12-13(18-10)11(19-15(17)20-12)8-5-3-2-4-6-8/h2-7H,1H3. The lowest BCUT2D eigenvalue weighted by Crippen LogP contribution is -2.06. The highest BCUT2D eigenvalue weighted by Crippen LogP contribution is 2.30. The molecule has 2 aromatic heterocycles. The van der Waals surface area contributed by atoms with E-state index >= 15 is 0 Å². The van der Waals surface area contributed by atoms with E-state index in [2.05, 4.69) is 19.7 Å². The van der Waals surface area contributed by atoms with E-state index in [1.165, 1.54) is 13.2 Å². The number of carbonyl (C=O) groups excluding carboxylic acids is 1. The Labute approximate surface area is 135 Å². The first-order valence-corrected chi connectivity index (χ1v) is 7.03. The van der Waals surface area contributed by atoms with Crippen LogP contribution in [0.3, 0.4) is 0 Å². The molecule has 0 bridgehead atoms. The summed E-state index contributed by atoms with van der Waals surface area (Å²) in [5.74, 6) is -0.585. The minimum Gasteiger partial charge on any atom is -0.464 e. The zero-order chi connectivity index (χ0) is 15.7. The first-order chi connectivity index (χ1) is 10.6. The topological polar surface area (TPSA) is 65.0 Å². The van der Waals surface area contributed by atoms with Crippen LogP contribution in [0.4, 0.5) is 0 Å². The van der Waals surface area contributed by atoms with Gasteiger partial charge in [0.15, 0.2) is 5.69 Å². The predicted octanol–water partition coefficient (Wildman–Crippen LogP) is 3.79. The zero-order valence-corrected chi connectivity index (χ0v) is 12.9. The molecular weight excluding hydrogens is 325 g/mol. The Morgan fingerprint density at radius 1 is 1.05 bits per heavy atom. The molecule has 0 aliphatic heterocycles. The minimum atomic E-state index is -0.585. The van der Waals surface area contributed by atoms with Crippen molar-refractivity contribution in [3.8, 4) is 11.3 Å². The maximum atomic E-state index is 11.7. The van der Waals surface area contributed by atoms with E-state index in [0.29, 0.717) is 16.7 Å². The van der Waals surface area contributed by atoms with Crippen molar-refractivity contribution < 1.29 is 9.53 Å². The Morgan fingerprint density at radius 3 is 2.45 bits per heavy atom. The first kappa shape index (κ1) is 14.7. The highest BCUT2D eigenvalue weighted by atomic mass is 35.5. The molecule has 0 spiro atoms. The summed E-state index contributed by atoms with van der Waals surface area (Å²) in [7, 11) is 1.28. The summed E-state index contributed by atoms with van der Waals surface area (Å²) in [5.41, 5.74) is 2.16. The van der Waals surface area contributed by atoms with Crippen molar-refractivity contribution in [2.45, 2.75) is 0 Å². The van der Waals surface area contributed by atoms with Gasteiger partial charge >= 0.3 is 5.97 Å². The van der Waals surface area contributed by atoms with Gasteiger partial charge < -0.3 is 4.74 Å². The molecule has 3 aromatic rings. The molecule has 22 heavy (non-hydrogen) atoms. The van der Waals surface area contributed by atoms with Crippen LogP contribution >= 0.6 is 23.2 Å². The van der Waals surface area contributed by atoms with Gasteiger partial charge in [-0.15, -0.1) is 0 Å². The number of ether oxygens (including phenoxy) is 1. The first-order valence-electron chi connectivity index (χ1n) is 6.27. The van der Waals surface area contributed by atoms with Gasteiger partial charge in [0.05, 0.1) is 12.1 Å². The van der Waals surface area contributed by atoms with Gasteiger partial charge in [-0.2, -0.15) is 0 Å². The van der Waals surface area contributed by atoms with Gasteiger partial charge in [-0.3, -0.25) is 0 Å². The van der Waals surface area contributed by atoms with Gasteiger partial charge in [0, 0.05) is 5.56 Å². The average molecular weight is 334 g/mol. The molecule has 0 amide bonds. The Morgan fingerprint density at radius 2 is 1.77 bits per heavy atom. The number of halogens is 2. The molecule has 0 aliphatic rings. The normalized spacial score (nSPS) is 10.7. The van der Waals surface area contributed by atoms with E-state index in [0.717, 1.165) is 5.56 Å². The number of pyridine rings is 1. The van der Waals surface area contributed by atoms with Crippen molar-refractivity contribution in [2.75, 3.05) is 7.11 Å². The number of esters is 1. The van der Waals surface area contributed by atoms with E-state index in [-0.39, 0.29) is 16.0 Å². The van der Waals surface area contributed by atoms with Crippen LogP contribution in [0.25, 0.3) is 22.3 Å². The highest BCUT2D eigenvalue weighted by molar-refractivity contribution is 6.36. The Balaban J connectivity index is 2.36. The maximum Gasteiger partial charge on any atom is 0.356 e. The van der Waals surface area contributed by atoms with Crippen LogP contribution in [-0.4, -0.2) is 28.0 Å². The molecule has 0 unspecified atom stereocenters. The van der Waals surface area contributed by atoms with Crippen LogP contribution in [0, 0.1) is 0 Å². The number of nitrogens with zero attached hydrogens (tertiary/aromatic N) is 3. The van der Waals surface area contributed by atoms with E-state index in [4.69, 9.17) is 23.2 Å². The quantitative estimate of drug-likeness (QED) is 0.527. The third-order valence-corrected chi connectivity index (χ3v) is 3.48. The van der Waals surface area contributed by atoms with Crippen molar-refractivity contribution >= 4 is 40.2 Å². The van der Waals surface area contributed by atoms with E-state index in [1.807, 2.05) is 30.3 Å². The SMILES string of the molecule is COC(=O)c1cc(Cl)c2nc(Cl)nc(-c3ccccc3)c2n1. The van der Waals surface area contributed by atoms with Crippen LogP contribution in [0.5, 0.6) is 0 Å². The third-order valence-electron chi connectivity index (χ3n) is 3.02. The second-order valence-corrected chi connectivity index (χ2v) is 5.13. The van der Waals surface area contributed by atoms with E-state index < -0.39 is 5.97 Å². The lowest BCUT2D eigenvalue weighted by Gasteiger charge is -2.08. The van der Waals surface area contributed by atoms with Gasteiger partial charge in [-0.25, -0.2) is 19.7 Å². The van der Waals surface area contributed by atoms with Gasteiger partial charge in [0.1, 0.15) is 16.7 Å². The van der Waals surface area contributed by atoms with Crippen LogP contribution in [0.15, 0.2) is 36.4 Å². The molecule has 7 heteroatoms. The number of rotatable bonds is 2. The van der Waals surface area contributed by atoms with Crippen molar-refractivity contribution in [3.63, 3.8) is 0 Å². The van der Waals surface area contributed by atoms with Gasteiger partial charge in [-0.1, -0.05) is 41.9 Å². The number of hydrogen-bond donors (Lipinski definition) is 0. The number of aromatic nitrogens is 3. The van der Waals surface area contributed by atoms with Crippen molar-refractivity contribution in [3.05, 3.63) is 52.4 Å². The third kappa shape index (κ3) is 2.61. The monoisotopic (exact) mass is 333 g/mol. The lowest BCUT2D eigenvalue weighted by atomic mass is 10.1. The Bertz CT molecular complexity index is 870. The van der Waals surface area contributed by atoms with E-state index in [9.17, 15) is 4.79 Å². The molecule has 0 saturated heterocycles. The fourth-order valence-corrected chi connectivity index (χ4v) is 2.45. The van der Waals surface area contributed by atoms with Crippen LogP contribution in [0.1, 0.15) is 10.5 Å². The Hall–Kier alpha value is -2.24. The van der Waals surface area contributed by atoms with Crippen LogP contribution in [0.2, 0.25) is 10.3 Å². The summed E-state index contributed by atoms with van der Waals surface area (Å²) in [6.45, 7) is 0. The molecule has 0 radical (unpaired) electrons. The molecule has 110 valence electrons. The second kappa shape index (κ2) is 5.87. The van der Waals surface area contributed by atoms with Crippen LogP contribution in [-0.2, 0) is 4.74 Å². The fourth-order valence-electron chi connectivity index (χ4n) is 2.05. The predicted molar refractivity (Wildman–Crippen MR) is 84.1 cm³/mol. The maximum absolute atomic E-state index is 11.7. The summed E-state index contributed by atoms with van der Waals surface area (Å²) >= 11 is 12.2. The zero-order valence-electron chi connectivity index (χ0n) is 11.4. The number of methoxy groups -OCH3 is 1. The molecule has 1 aromatic carbocycles. The van der Waals surface area contributed by atoms with Crippen LogP contribution < -0.4 is 0 Å². The van der Waals surface area contributed by atoms with E-state index in [1.54, 1.807) is 0 Å².